The third-order valence-corrected chi connectivity index (χ3v) is 5.48. The van der Waals surface area contributed by atoms with Crippen LogP contribution in [0, 0.1) is 5.41 Å². The van der Waals surface area contributed by atoms with Gasteiger partial charge < -0.3 is 5.73 Å². The van der Waals surface area contributed by atoms with Gasteiger partial charge >= 0.3 is 0 Å². The number of hydrogen-bond donors (Lipinski definition) is 2. The molecular formula is C14H20N4OS. The normalized spacial score (nSPS) is 33.5. The first-order chi connectivity index (χ1) is 9.59. The molecule has 1 saturated carbocycles. The van der Waals surface area contributed by atoms with Crippen LogP contribution in [-0.4, -0.2) is 39.5 Å². The van der Waals surface area contributed by atoms with E-state index in [1.165, 1.54) is 31.0 Å². The SMILES string of the molecule is C/C(N)=C1\C(=N)SC2C(=O)N(C3CCCCC3)C=NC12. The molecule has 5 nitrogen and oxygen atoms in total. The van der Waals surface area contributed by atoms with Gasteiger partial charge in [-0.2, -0.15) is 0 Å². The van der Waals surface area contributed by atoms with Crippen molar-refractivity contribution in [2.24, 2.45) is 10.7 Å². The Morgan fingerprint density at radius 3 is 2.80 bits per heavy atom. The van der Waals surface area contributed by atoms with Crippen molar-refractivity contribution in [3.63, 3.8) is 0 Å². The second-order valence-corrected chi connectivity index (χ2v) is 6.86. The van der Waals surface area contributed by atoms with Gasteiger partial charge in [0.25, 0.3) is 0 Å². The molecule has 2 fully saturated rings. The van der Waals surface area contributed by atoms with Crippen molar-refractivity contribution in [3.8, 4) is 0 Å². The molecule has 0 spiro atoms. The van der Waals surface area contributed by atoms with E-state index in [2.05, 4.69) is 4.99 Å². The summed E-state index contributed by atoms with van der Waals surface area (Å²) in [4.78, 5) is 19.0. The average Bonchev–Trinajstić information content (AvgIpc) is 2.77. The van der Waals surface area contributed by atoms with Crippen LogP contribution < -0.4 is 5.73 Å². The lowest BCUT2D eigenvalue weighted by atomic mass is 9.93. The minimum absolute atomic E-state index is 0.0999. The minimum atomic E-state index is -0.289. The molecule has 1 saturated heterocycles. The van der Waals surface area contributed by atoms with Crippen molar-refractivity contribution >= 4 is 29.1 Å². The first-order valence-electron chi connectivity index (χ1n) is 7.17. The van der Waals surface area contributed by atoms with Crippen LogP contribution in [0.25, 0.3) is 0 Å². The summed E-state index contributed by atoms with van der Waals surface area (Å²) in [6.45, 7) is 1.78. The van der Waals surface area contributed by atoms with Crippen LogP contribution in [0.3, 0.4) is 0 Å². The van der Waals surface area contributed by atoms with Crippen molar-refractivity contribution in [1.29, 1.82) is 5.41 Å². The van der Waals surface area contributed by atoms with Crippen LogP contribution in [0.5, 0.6) is 0 Å². The number of allylic oxidation sites excluding steroid dienone is 1. The third kappa shape index (κ3) is 2.16. The van der Waals surface area contributed by atoms with E-state index in [9.17, 15) is 4.79 Å². The van der Waals surface area contributed by atoms with Gasteiger partial charge in [-0.3, -0.25) is 20.1 Å². The lowest BCUT2D eigenvalue weighted by Gasteiger charge is -2.36. The second-order valence-electron chi connectivity index (χ2n) is 5.71. The molecule has 3 aliphatic rings. The largest absolute Gasteiger partial charge is 0.402 e. The van der Waals surface area contributed by atoms with E-state index >= 15 is 0 Å². The summed E-state index contributed by atoms with van der Waals surface area (Å²) < 4.78 is 0. The van der Waals surface area contributed by atoms with Gasteiger partial charge in [-0.1, -0.05) is 31.0 Å². The van der Waals surface area contributed by atoms with E-state index in [-0.39, 0.29) is 17.2 Å². The predicted octanol–water partition coefficient (Wildman–Crippen LogP) is 1.88. The zero-order valence-corrected chi connectivity index (χ0v) is 12.4. The number of carbonyl (C=O) groups is 1. The van der Waals surface area contributed by atoms with Crippen molar-refractivity contribution in [2.75, 3.05) is 0 Å². The quantitative estimate of drug-likeness (QED) is 0.774. The van der Waals surface area contributed by atoms with Crippen LogP contribution >= 0.6 is 11.8 Å². The fourth-order valence-electron chi connectivity index (χ4n) is 3.27. The molecule has 6 heteroatoms. The summed E-state index contributed by atoms with van der Waals surface area (Å²) in [5, 5.41) is 8.12. The Morgan fingerprint density at radius 2 is 2.15 bits per heavy atom. The van der Waals surface area contributed by atoms with Crippen LogP contribution in [0.4, 0.5) is 0 Å². The Bertz CT molecular complexity index is 503. The van der Waals surface area contributed by atoms with Crippen molar-refractivity contribution in [3.05, 3.63) is 11.3 Å². The maximum absolute atomic E-state index is 12.7. The molecule has 2 heterocycles. The third-order valence-electron chi connectivity index (χ3n) is 4.31. The van der Waals surface area contributed by atoms with E-state index in [1.807, 2.05) is 4.90 Å². The number of nitrogens with zero attached hydrogens (tertiary/aromatic N) is 2. The summed E-state index contributed by atoms with van der Waals surface area (Å²) in [7, 11) is 0. The van der Waals surface area contributed by atoms with Gasteiger partial charge in [-0.05, 0) is 19.8 Å². The van der Waals surface area contributed by atoms with Crippen LogP contribution in [-0.2, 0) is 4.79 Å². The minimum Gasteiger partial charge on any atom is -0.402 e. The maximum atomic E-state index is 12.7. The monoisotopic (exact) mass is 292 g/mol. The van der Waals surface area contributed by atoms with Crippen molar-refractivity contribution < 1.29 is 4.79 Å². The predicted molar refractivity (Wildman–Crippen MR) is 82.0 cm³/mol. The van der Waals surface area contributed by atoms with E-state index in [0.717, 1.165) is 18.4 Å². The Hall–Kier alpha value is -1.30. The van der Waals surface area contributed by atoms with Crippen LogP contribution in [0.1, 0.15) is 39.0 Å². The lowest BCUT2D eigenvalue weighted by molar-refractivity contribution is -0.129. The summed E-state index contributed by atoms with van der Waals surface area (Å²) in [5.41, 5.74) is 7.18. The zero-order chi connectivity index (χ0) is 14.3. The van der Waals surface area contributed by atoms with Gasteiger partial charge in [0.05, 0.1) is 11.4 Å². The van der Waals surface area contributed by atoms with Gasteiger partial charge in [-0.15, -0.1) is 0 Å². The topological polar surface area (TPSA) is 82.5 Å². The molecule has 20 heavy (non-hydrogen) atoms. The Balaban J connectivity index is 1.86. The highest BCUT2D eigenvalue weighted by atomic mass is 32.2. The van der Waals surface area contributed by atoms with Crippen molar-refractivity contribution in [2.45, 2.75) is 56.4 Å². The van der Waals surface area contributed by atoms with E-state index in [0.29, 0.717) is 16.8 Å². The number of rotatable bonds is 1. The molecule has 3 N–H and O–H groups in total. The van der Waals surface area contributed by atoms with Crippen molar-refractivity contribution in [1.82, 2.24) is 4.90 Å². The summed E-state index contributed by atoms with van der Waals surface area (Å²) in [6.07, 6.45) is 7.46. The summed E-state index contributed by atoms with van der Waals surface area (Å²) in [5.74, 6) is 0.0999. The molecule has 108 valence electrons. The second kappa shape index (κ2) is 5.24. The number of aliphatic imine (C=N–C) groups is 1. The van der Waals surface area contributed by atoms with Crippen LogP contribution in [0.15, 0.2) is 16.3 Å². The Labute approximate surface area is 123 Å². The number of carbonyl (C=O) groups excluding carboxylic acids is 1. The number of fused-ring (bicyclic) bond motifs is 1. The molecule has 2 unspecified atom stereocenters. The Kier molecular flexibility index (Phi) is 3.58. The van der Waals surface area contributed by atoms with Gasteiger partial charge in [0.2, 0.25) is 5.91 Å². The summed E-state index contributed by atoms with van der Waals surface area (Å²) in [6, 6.07) is 0.0348. The molecule has 0 aromatic carbocycles. The molecule has 3 rings (SSSR count). The van der Waals surface area contributed by atoms with Gasteiger partial charge in [0.15, 0.2) is 0 Å². The zero-order valence-electron chi connectivity index (χ0n) is 11.6. The smallest absolute Gasteiger partial charge is 0.244 e. The van der Waals surface area contributed by atoms with E-state index < -0.39 is 0 Å². The first kappa shape index (κ1) is 13.7. The average molecular weight is 292 g/mol. The standard InChI is InChI=1S/C14H20N4OS/c1-8(15)10-11-12(20-13(10)16)14(19)18(7-17-11)9-5-3-2-4-6-9/h7,9,11-12,16H,2-6,15H2,1H3/b10-8+,16-13?. The highest BCUT2D eigenvalue weighted by Gasteiger charge is 2.46. The van der Waals surface area contributed by atoms with E-state index in [1.54, 1.807) is 13.3 Å². The number of nitrogens with one attached hydrogen (secondary N) is 1. The molecule has 1 aliphatic carbocycles. The molecule has 0 radical (unpaired) electrons. The number of amides is 1. The molecule has 2 aliphatic heterocycles. The molecule has 1 amide bonds. The lowest BCUT2D eigenvalue weighted by Crippen LogP contribution is -2.50. The van der Waals surface area contributed by atoms with Gasteiger partial charge in [-0.25, -0.2) is 0 Å². The molecule has 0 aromatic rings. The van der Waals surface area contributed by atoms with E-state index in [4.69, 9.17) is 11.1 Å². The fraction of sp³-hybridized carbons (Fsp3) is 0.643. The maximum Gasteiger partial charge on any atom is 0.244 e. The van der Waals surface area contributed by atoms with Gasteiger partial charge in [0.1, 0.15) is 11.3 Å². The summed E-state index contributed by atoms with van der Waals surface area (Å²) >= 11 is 1.30. The molecule has 2 atom stereocenters. The first-order valence-corrected chi connectivity index (χ1v) is 8.05. The highest BCUT2D eigenvalue weighted by molar-refractivity contribution is 8.16. The molecular weight excluding hydrogens is 272 g/mol. The fourth-order valence-corrected chi connectivity index (χ4v) is 4.49. The molecule has 0 aromatic heterocycles. The molecule has 0 bridgehead atoms. The number of thioether (sulfide) groups is 1. The van der Waals surface area contributed by atoms with Gasteiger partial charge in [0, 0.05) is 17.3 Å². The highest BCUT2D eigenvalue weighted by Crippen LogP contribution is 2.40. The Morgan fingerprint density at radius 1 is 1.45 bits per heavy atom. The number of hydrogen-bond acceptors (Lipinski definition) is 5. The number of nitrogens with two attached hydrogens (primary N) is 1. The van der Waals surface area contributed by atoms with Crippen LogP contribution in [0.2, 0.25) is 0 Å².